The minimum atomic E-state index is -0.00964. The van der Waals surface area contributed by atoms with E-state index in [1.54, 1.807) is 35.1 Å². The lowest BCUT2D eigenvalue weighted by Gasteiger charge is -2.02. The standard InChI is InChI=1S/C14H14N4OS2/c19-13(17-4-3-12-15-5-6-16-12)8-10-9-21-14(18-10)11-2-1-7-20-11/h1-2,5-7,9H,3-4,8H2,(H,15,16)(H,17,19). The van der Waals surface area contributed by atoms with Gasteiger partial charge in [-0.3, -0.25) is 4.79 Å². The summed E-state index contributed by atoms with van der Waals surface area (Å²) in [4.78, 5) is 24.6. The molecule has 5 nitrogen and oxygen atoms in total. The highest BCUT2D eigenvalue weighted by Gasteiger charge is 2.09. The maximum atomic E-state index is 11.9. The number of nitrogens with zero attached hydrogens (tertiary/aromatic N) is 2. The van der Waals surface area contributed by atoms with Crippen LogP contribution in [-0.2, 0) is 17.6 Å². The molecule has 108 valence electrons. The van der Waals surface area contributed by atoms with Crippen molar-refractivity contribution in [2.24, 2.45) is 0 Å². The topological polar surface area (TPSA) is 70.7 Å². The Balaban J connectivity index is 1.48. The van der Waals surface area contributed by atoms with Crippen molar-refractivity contribution in [3.63, 3.8) is 0 Å². The first kappa shape index (κ1) is 14.0. The van der Waals surface area contributed by atoms with Gasteiger partial charge in [-0.2, -0.15) is 0 Å². The van der Waals surface area contributed by atoms with Crippen LogP contribution in [0.15, 0.2) is 35.3 Å². The molecule has 0 fully saturated rings. The predicted octanol–water partition coefficient (Wildman–Crippen LogP) is 2.50. The zero-order valence-corrected chi connectivity index (χ0v) is 12.8. The Morgan fingerprint density at radius 3 is 3.10 bits per heavy atom. The highest BCUT2D eigenvalue weighted by molar-refractivity contribution is 7.20. The Bertz CT molecular complexity index is 688. The fraction of sp³-hybridized carbons (Fsp3) is 0.214. The summed E-state index contributed by atoms with van der Waals surface area (Å²) in [5, 5.41) is 7.83. The molecule has 0 saturated heterocycles. The summed E-state index contributed by atoms with van der Waals surface area (Å²) in [5.74, 6) is 0.869. The monoisotopic (exact) mass is 318 g/mol. The van der Waals surface area contributed by atoms with Crippen molar-refractivity contribution in [3.8, 4) is 9.88 Å². The number of rotatable bonds is 6. The van der Waals surface area contributed by atoms with Crippen molar-refractivity contribution in [2.45, 2.75) is 12.8 Å². The number of imidazole rings is 1. The average Bonchev–Trinajstić information content (AvgIpc) is 3.21. The van der Waals surface area contributed by atoms with Gasteiger partial charge in [0.2, 0.25) is 5.91 Å². The van der Waals surface area contributed by atoms with Crippen LogP contribution in [0.1, 0.15) is 11.5 Å². The van der Waals surface area contributed by atoms with Gasteiger partial charge in [-0.15, -0.1) is 22.7 Å². The maximum absolute atomic E-state index is 11.9. The summed E-state index contributed by atoms with van der Waals surface area (Å²) in [5.41, 5.74) is 0.818. The molecule has 0 bridgehead atoms. The van der Waals surface area contributed by atoms with Gasteiger partial charge in [0.1, 0.15) is 10.8 Å². The molecule has 0 saturated carbocycles. The first-order valence-corrected chi connectivity index (χ1v) is 8.30. The number of amides is 1. The summed E-state index contributed by atoms with van der Waals surface area (Å²) in [6, 6.07) is 4.04. The van der Waals surface area contributed by atoms with Crippen LogP contribution in [0.2, 0.25) is 0 Å². The van der Waals surface area contributed by atoms with Gasteiger partial charge in [-0.25, -0.2) is 9.97 Å². The highest BCUT2D eigenvalue weighted by atomic mass is 32.1. The van der Waals surface area contributed by atoms with Crippen LogP contribution in [0.3, 0.4) is 0 Å². The van der Waals surface area contributed by atoms with Gasteiger partial charge in [-0.1, -0.05) is 6.07 Å². The molecule has 0 aliphatic heterocycles. The number of nitrogens with one attached hydrogen (secondary N) is 2. The van der Waals surface area contributed by atoms with Crippen molar-refractivity contribution in [1.82, 2.24) is 20.3 Å². The van der Waals surface area contributed by atoms with Crippen LogP contribution in [-0.4, -0.2) is 27.4 Å². The molecule has 3 rings (SSSR count). The quantitative estimate of drug-likeness (QED) is 0.733. The molecule has 3 heterocycles. The van der Waals surface area contributed by atoms with Crippen LogP contribution in [0.4, 0.5) is 0 Å². The van der Waals surface area contributed by atoms with Crippen LogP contribution in [0.5, 0.6) is 0 Å². The molecule has 0 spiro atoms. The van der Waals surface area contributed by atoms with E-state index in [4.69, 9.17) is 0 Å². The predicted molar refractivity (Wildman–Crippen MR) is 84.4 cm³/mol. The smallest absolute Gasteiger partial charge is 0.226 e. The third kappa shape index (κ3) is 3.77. The number of H-pyrrole nitrogens is 1. The fourth-order valence-electron chi connectivity index (χ4n) is 1.88. The average molecular weight is 318 g/mol. The van der Waals surface area contributed by atoms with Gasteiger partial charge in [-0.05, 0) is 11.4 Å². The van der Waals surface area contributed by atoms with Crippen molar-refractivity contribution in [1.29, 1.82) is 0 Å². The van der Waals surface area contributed by atoms with Crippen molar-refractivity contribution in [2.75, 3.05) is 6.54 Å². The molecule has 2 N–H and O–H groups in total. The molecule has 3 aromatic rings. The van der Waals surface area contributed by atoms with E-state index in [2.05, 4.69) is 20.3 Å². The molecule has 0 radical (unpaired) electrons. The first-order chi connectivity index (χ1) is 10.3. The van der Waals surface area contributed by atoms with Gasteiger partial charge in [0.05, 0.1) is 17.0 Å². The second-order valence-electron chi connectivity index (χ2n) is 4.43. The Morgan fingerprint density at radius 1 is 1.38 bits per heavy atom. The third-order valence-corrected chi connectivity index (χ3v) is 4.79. The van der Waals surface area contributed by atoms with Crippen LogP contribution in [0.25, 0.3) is 9.88 Å². The lowest BCUT2D eigenvalue weighted by Crippen LogP contribution is -2.27. The molecule has 1 amide bonds. The van der Waals surface area contributed by atoms with E-state index in [0.717, 1.165) is 21.4 Å². The molecule has 0 aromatic carbocycles. The SMILES string of the molecule is O=C(Cc1csc(-c2cccs2)n1)NCCc1ncc[nH]1. The van der Waals surface area contributed by atoms with Crippen LogP contribution < -0.4 is 5.32 Å². The molecule has 3 aromatic heterocycles. The summed E-state index contributed by atoms with van der Waals surface area (Å²) in [7, 11) is 0. The van der Waals surface area contributed by atoms with Crippen LogP contribution >= 0.6 is 22.7 Å². The van der Waals surface area contributed by atoms with E-state index in [9.17, 15) is 4.79 Å². The highest BCUT2D eigenvalue weighted by Crippen LogP contribution is 2.27. The first-order valence-electron chi connectivity index (χ1n) is 6.54. The number of carbonyl (C=O) groups excluding carboxylic acids is 1. The van der Waals surface area contributed by atoms with E-state index >= 15 is 0 Å². The number of hydrogen-bond acceptors (Lipinski definition) is 5. The Hall–Kier alpha value is -1.99. The van der Waals surface area contributed by atoms with E-state index in [0.29, 0.717) is 19.4 Å². The second kappa shape index (κ2) is 6.64. The summed E-state index contributed by atoms with van der Waals surface area (Å²) < 4.78 is 0. The Kier molecular flexibility index (Phi) is 4.42. The van der Waals surface area contributed by atoms with E-state index in [-0.39, 0.29) is 5.91 Å². The number of thiazole rings is 1. The largest absolute Gasteiger partial charge is 0.355 e. The molecule has 0 aliphatic rings. The third-order valence-electron chi connectivity index (χ3n) is 2.86. The van der Waals surface area contributed by atoms with Gasteiger partial charge in [0, 0.05) is 30.7 Å². The van der Waals surface area contributed by atoms with Crippen molar-refractivity contribution >= 4 is 28.6 Å². The van der Waals surface area contributed by atoms with Crippen molar-refractivity contribution < 1.29 is 4.79 Å². The van der Waals surface area contributed by atoms with E-state index in [1.807, 2.05) is 22.9 Å². The Morgan fingerprint density at radius 2 is 2.33 bits per heavy atom. The molecule has 0 unspecified atom stereocenters. The number of hydrogen-bond donors (Lipinski definition) is 2. The zero-order chi connectivity index (χ0) is 14.5. The zero-order valence-electron chi connectivity index (χ0n) is 11.2. The maximum Gasteiger partial charge on any atom is 0.226 e. The van der Waals surface area contributed by atoms with Gasteiger partial charge in [0.15, 0.2) is 0 Å². The normalized spacial score (nSPS) is 10.7. The van der Waals surface area contributed by atoms with Crippen LogP contribution in [0, 0.1) is 0 Å². The number of aromatic nitrogens is 3. The fourth-order valence-corrected chi connectivity index (χ4v) is 3.52. The number of aromatic amines is 1. The van der Waals surface area contributed by atoms with Gasteiger partial charge >= 0.3 is 0 Å². The number of carbonyl (C=O) groups is 1. The van der Waals surface area contributed by atoms with E-state index in [1.165, 1.54) is 0 Å². The summed E-state index contributed by atoms with van der Waals surface area (Å²) >= 11 is 3.23. The lowest BCUT2D eigenvalue weighted by molar-refractivity contribution is -0.120. The van der Waals surface area contributed by atoms with E-state index < -0.39 is 0 Å². The second-order valence-corrected chi connectivity index (χ2v) is 6.24. The van der Waals surface area contributed by atoms with Gasteiger partial charge < -0.3 is 10.3 Å². The molecular weight excluding hydrogens is 304 g/mol. The van der Waals surface area contributed by atoms with Gasteiger partial charge in [0.25, 0.3) is 0 Å². The molecule has 0 atom stereocenters. The number of thiophene rings is 1. The summed E-state index contributed by atoms with van der Waals surface area (Å²) in [6.45, 7) is 0.578. The molecule has 0 aliphatic carbocycles. The molecule has 21 heavy (non-hydrogen) atoms. The molecule has 7 heteroatoms. The lowest BCUT2D eigenvalue weighted by atomic mass is 10.3. The minimum absolute atomic E-state index is 0.00964. The molecular formula is C14H14N4OS2. The van der Waals surface area contributed by atoms with Crippen molar-refractivity contribution in [3.05, 3.63) is 46.8 Å². The Labute approximate surface area is 130 Å². The summed E-state index contributed by atoms with van der Waals surface area (Å²) in [6.07, 6.45) is 4.51. The minimum Gasteiger partial charge on any atom is -0.355 e.